The summed E-state index contributed by atoms with van der Waals surface area (Å²) in [6, 6.07) is 1.72. The lowest BCUT2D eigenvalue weighted by Gasteiger charge is -2.08. The van der Waals surface area contributed by atoms with E-state index in [2.05, 4.69) is 20.6 Å². The maximum Gasteiger partial charge on any atom is 0.225 e. The maximum atomic E-state index is 9.04. The van der Waals surface area contributed by atoms with E-state index in [-0.39, 0.29) is 6.10 Å². The average molecular weight is 240 g/mol. The molecular weight excluding hydrogens is 220 g/mol. The molecule has 0 bridgehead atoms. The van der Waals surface area contributed by atoms with Crippen molar-refractivity contribution in [2.75, 3.05) is 31.6 Å². The molecule has 6 nitrogen and oxygen atoms in total. The number of ether oxygens (including phenoxy) is 1. The van der Waals surface area contributed by atoms with Crippen LogP contribution < -0.4 is 15.4 Å². The summed E-state index contributed by atoms with van der Waals surface area (Å²) in [5.74, 6) is 1.12. The Morgan fingerprint density at radius 3 is 3.00 bits per heavy atom. The van der Waals surface area contributed by atoms with Crippen LogP contribution in [0.25, 0.3) is 0 Å². The van der Waals surface area contributed by atoms with Gasteiger partial charge in [0.05, 0.1) is 12.7 Å². The standard InChI is InChI=1S/C11H20N4O2/c1-3-17-10-4-5-13-11(15-10)14-7-6-12-8-9(2)16/h4-5,9,12,16H,3,6-8H2,1-2H3,(H,13,14,15). The summed E-state index contributed by atoms with van der Waals surface area (Å²) in [6.45, 7) is 6.27. The molecule has 6 heteroatoms. The molecule has 1 heterocycles. The molecule has 1 unspecified atom stereocenters. The fraction of sp³-hybridized carbons (Fsp3) is 0.636. The van der Waals surface area contributed by atoms with Gasteiger partial charge in [-0.05, 0) is 13.8 Å². The first-order valence-corrected chi connectivity index (χ1v) is 5.81. The summed E-state index contributed by atoms with van der Waals surface area (Å²) in [4.78, 5) is 8.25. The number of nitrogens with one attached hydrogen (secondary N) is 2. The Hall–Kier alpha value is -1.40. The van der Waals surface area contributed by atoms with Crippen molar-refractivity contribution in [3.05, 3.63) is 12.3 Å². The van der Waals surface area contributed by atoms with Crippen LogP contribution in [-0.4, -0.2) is 47.4 Å². The fourth-order valence-corrected chi connectivity index (χ4v) is 1.23. The van der Waals surface area contributed by atoms with E-state index in [4.69, 9.17) is 9.84 Å². The number of hydrogen-bond acceptors (Lipinski definition) is 6. The smallest absolute Gasteiger partial charge is 0.225 e. The van der Waals surface area contributed by atoms with Gasteiger partial charge in [-0.3, -0.25) is 0 Å². The van der Waals surface area contributed by atoms with E-state index in [1.54, 1.807) is 19.2 Å². The van der Waals surface area contributed by atoms with Crippen LogP contribution in [0.5, 0.6) is 5.88 Å². The second-order valence-corrected chi connectivity index (χ2v) is 3.63. The van der Waals surface area contributed by atoms with Crippen LogP contribution in [0.15, 0.2) is 12.3 Å². The van der Waals surface area contributed by atoms with Crippen LogP contribution >= 0.6 is 0 Å². The molecule has 0 aliphatic heterocycles. The molecule has 0 saturated heterocycles. The van der Waals surface area contributed by atoms with Crippen molar-refractivity contribution in [3.63, 3.8) is 0 Å². The van der Waals surface area contributed by atoms with E-state index < -0.39 is 0 Å². The van der Waals surface area contributed by atoms with Crippen LogP contribution in [0.3, 0.4) is 0 Å². The van der Waals surface area contributed by atoms with Gasteiger partial charge in [-0.15, -0.1) is 0 Å². The Morgan fingerprint density at radius 1 is 1.47 bits per heavy atom. The quantitative estimate of drug-likeness (QED) is 0.566. The van der Waals surface area contributed by atoms with Crippen molar-refractivity contribution in [2.24, 2.45) is 0 Å². The average Bonchev–Trinajstić information content (AvgIpc) is 2.29. The first-order valence-electron chi connectivity index (χ1n) is 5.81. The van der Waals surface area contributed by atoms with Crippen molar-refractivity contribution < 1.29 is 9.84 Å². The number of aliphatic hydroxyl groups excluding tert-OH is 1. The SMILES string of the molecule is CCOc1ccnc(NCCNCC(C)O)n1. The number of rotatable bonds is 8. The van der Waals surface area contributed by atoms with Gasteiger partial charge in [-0.1, -0.05) is 0 Å². The van der Waals surface area contributed by atoms with E-state index >= 15 is 0 Å². The largest absolute Gasteiger partial charge is 0.478 e. The van der Waals surface area contributed by atoms with E-state index in [0.29, 0.717) is 31.5 Å². The number of anilines is 1. The van der Waals surface area contributed by atoms with Gasteiger partial charge in [-0.25, -0.2) is 4.98 Å². The van der Waals surface area contributed by atoms with Gasteiger partial charge in [0, 0.05) is 31.9 Å². The summed E-state index contributed by atoms with van der Waals surface area (Å²) >= 11 is 0. The normalized spacial score (nSPS) is 12.2. The third-order valence-electron chi connectivity index (χ3n) is 1.95. The molecule has 0 spiro atoms. The van der Waals surface area contributed by atoms with Crippen molar-refractivity contribution in [2.45, 2.75) is 20.0 Å². The fourth-order valence-electron chi connectivity index (χ4n) is 1.23. The summed E-state index contributed by atoms with van der Waals surface area (Å²) in [5.41, 5.74) is 0. The number of aliphatic hydroxyl groups is 1. The summed E-state index contributed by atoms with van der Waals surface area (Å²) in [7, 11) is 0. The molecule has 0 saturated carbocycles. The molecule has 1 aromatic rings. The first-order chi connectivity index (χ1) is 8.22. The Bertz CT molecular complexity index is 320. The molecule has 0 radical (unpaired) electrons. The minimum absolute atomic E-state index is 0.326. The first kappa shape index (κ1) is 13.7. The van der Waals surface area contributed by atoms with Gasteiger partial charge in [0.2, 0.25) is 11.8 Å². The highest BCUT2D eigenvalue weighted by Gasteiger charge is 1.99. The van der Waals surface area contributed by atoms with Gasteiger partial charge in [-0.2, -0.15) is 4.98 Å². The molecule has 17 heavy (non-hydrogen) atoms. The van der Waals surface area contributed by atoms with Crippen LogP contribution in [-0.2, 0) is 0 Å². The molecule has 0 aliphatic carbocycles. The summed E-state index contributed by atoms with van der Waals surface area (Å²) in [6.07, 6.45) is 1.33. The molecular formula is C11H20N4O2. The maximum absolute atomic E-state index is 9.04. The Kier molecular flexibility index (Phi) is 6.27. The van der Waals surface area contributed by atoms with Crippen molar-refractivity contribution in [1.82, 2.24) is 15.3 Å². The van der Waals surface area contributed by atoms with Crippen LogP contribution in [0.2, 0.25) is 0 Å². The highest BCUT2D eigenvalue weighted by Crippen LogP contribution is 2.07. The minimum atomic E-state index is -0.326. The molecule has 1 rings (SSSR count). The second-order valence-electron chi connectivity index (χ2n) is 3.63. The van der Waals surface area contributed by atoms with E-state index in [9.17, 15) is 0 Å². The Balaban J connectivity index is 2.24. The topological polar surface area (TPSA) is 79.3 Å². The Morgan fingerprint density at radius 2 is 2.29 bits per heavy atom. The van der Waals surface area contributed by atoms with Gasteiger partial charge >= 0.3 is 0 Å². The molecule has 0 fully saturated rings. The van der Waals surface area contributed by atoms with E-state index in [1.165, 1.54) is 0 Å². The zero-order valence-electron chi connectivity index (χ0n) is 10.3. The van der Waals surface area contributed by atoms with Crippen LogP contribution in [0.4, 0.5) is 5.95 Å². The number of nitrogens with zero attached hydrogens (tertiary/aromatic N) is 2. The van der Waals surface area contributed by atoms with Crippen molar-refractivity contribution >= 4 is 5.95 Å². The van der Waals surface area contributed by atoms with E-state index in [1.807, 2.05) is 6.92 Å². The number of aromatic nitrogens is 2. The second kappa shape index (κ2) is 7.81. The number of hydrogen-bond donors (Lipinski definition) is 3. The molecule has 96 valence electrons. The minimum Gasteiger partial charge on any atom is -0.478 e. The Labute approximate surface area is 101 Å². The summed E-state index contributed by atoms with van der Waals surface area (Å²) in [5, 5.41) is 15.2. The lowest BCUT2D eigenvalue weighted by atomic mass is 10.4. The van der Waals surface area contributed by atoms with Crippen LogP contribution in [0, 0.1) is 0 Å². The highest BCUT2D eigenvalue weighted by atomic mass is 16.5. The van der Waals surface area contributed by atoms with Gasteiger partial charge < -0.3 is 20.5 Å². The highest BCUT2D eigenvalue weighted by molar-refractivity contribution is 5.27. The third-order valence-corrected chi connectivity index (χ3v) is 1.95. The van der Waals surface area contributed by atoms with E-state index in [0.717, 1.165) is 6.54 Å². The molecule has 0 amide bonds. The van der Waals surface area contributed by atoms with Gasteiger partial charge in [0.1, 0.15) is 0 Å². The van der Waals surface area contributed by atoms with Gasteiger partial charge in [0.25, 0.3) is 0 Å². The molecule has 0 aromatic carbocycles. The third kappa shape index (κ3) is 6.03. The lowest BCUT2D eigenvalue weighted by Crippen LogP contribution is -2.29. The zero-order valence-corrected chi connectivity index (χ0v) is 10.3. The van der Waals surface area contributed by atoms with Crippen molar-refractivity contribution in [1.29, 1.82) is 0 Å². The molecule has 1 aromatic heterocycles. The lowest BCUT2D eigenvalue weighted by molar-refractivity contribution is 0.192. The zero-order chi connectivity index (χ0) is 12.5. The molecule has 0 aliphatic rings. The monoisotopic (exact) mass is 240 g/mol. The predicted octanol–water partition coefficient (Wildman–Crippen LogP) is 0.258. The van der Waals surface area contributed by atoms with Crippen LogP contribution in [0.1, 0.15) is 13.8 Å². The van der Waals surface area contributed by atoms with Gasteiger partial charge in [0.15, 0.2) is 0 Å². The molecule has 1 atom stereocenters. The summed E-state index contributed by atoms with van der Waals surface area (Å²) < 4.78 is 5.27. The molecule has 3 N–H and O–H groups in total. The van der Waals surface area contributed by atoms with Crippen molar-refractivity contribution in [3.8, 4) is 5.88 Å². The predicted molar refractivity (Wildman–Crippen MR) is 66.2 cm³/mol.